The average Bonchev–Trinajstić information content (AvgIpc) is 2.22. The van der Waals surface area contributed by atoms with Crippen LogP contribution < -0.4 is 10.9 Å². The number of pyridine rings is 1. The first kappa shape index (κ1) is 16.4. The summed E-state index contributed by atoms with van der Waals surface area (Å²) >= 11 is 0. The molecule has 20 heavy (non-hydrogen) atoms. The van der Waals surface area contributed by atoms with E-state index in [2.05, 4.69) is 10.3 Å². The van der Waals surface area contributed by atoms with Gasteiger partial charge in [-0.05, 0) is 37.3 Å². The normalized spacial score (nSPS) is 13.1. The van der Waals surface area contributed by atoms with E-state index in [1.807, 2.05) is 20.8 Å². The Labute approximate surface area is 119 Å². The number of amides is 1. The van der Waals surface area contributed by atoms with Crippen molar-refractivity contribution in [3.63, 3.8) is 0 Å². The van der Waals surface area contributed by atoms with E-state index in [1.165, 1.54) is 0 Å². The maximum atomic E-state index is 12.0. The first-order valence-electron chi connectivity index (χ1n) is 6.77. The summed E-state index contributed by atoms with van der Waals surface area (Å²) in [4.78, 5) is 26.4. The Bertz CT molecular complexity index is 541. The monoisotopic (exact) mass is 280 g/mol. The molecule has 0 aromatic carbocycles. The molecule has 0 saturated heterocycles. The molecular weight excluding hydrogens is 256 g/mol. The number of aryl methyl sites for hydroxylation is 2. The molecule has 1 unspecified atom stereocenters. The lowest BCUT2D eigenvalue weighted by atomic mass is 9.89. The van der Waals surface area contributed by atoms with Gasteiger partial charge in [0.25, 0.3) is 11.5 Å². The molecule has 1 atom stereocenters. The second-order valence-electron chi connectivity index (χ2n) is 6.47. The quantitative estimate of drug-likeness (QED) is 0.782. The smallest absolute Gasteiger partial charge is 0.261 e. The van der Waals surface area contributed by atoms with Crippen LogP contribution in [-0.2, 0) is 0 Å². The molecular formula is C15H24N2O3. The van der Waals surface area contributed by atoms with E-state index < -0.39 is 17.6 Å². The third-order valence-electron chi connectivity index (χ3n) is 2.94. The van der Waals surface area contributed by atoms with Crippen LogP contribution in [0.25, 0.3) is 0 Å². The fourth-order valence-corrected chi connectivity index (χ4v) is 2.21. The van der Waals surface area contributed by atoms with E-state index in [1.54, 1.807) is 19.9 Å². The van der Waals surface area contributed by atoms with Gasteiger partial charge in [0.1, 0.15) is 5.56 Å². The minimum absolute atomic E-state index is 0.0125. The second kappa shape index (κ2) is 6.22. The predicted molar refractivity (Wildman–Crippen MR) is 78.9 cm³/mol. The number of hydrogen-bond acceptors (Lipinski definition) is 3. The molecule has 0 fully saturated rings. The van der Waals surface area contributed by atoms with Crippen LogP contribution in [0.3, 0.4) is 0 Å². The van der Waals surface area contributed by atoms with Gasteiger partial charge in [0.2, 0.25) is 0 Å². The van der Waals surface area contributed by atoms with Crippen LogP contribution in [0.4, 0.5) is 0 Å². The maximum Gasteiger partial charge on any atom is 0.261 e. The van der Waals surface area contributed by atoms with Crippen molar-refractivity contribution >= 4 is 5.91 Å². The van der Waals surface area contributed by atoms with E-state index in [0.29, 0.717) is 12.0 Å². The van der Waals surface area contributed by atoms with Crippen LogP contribution in [0, 0.1) is 19.3 Å². The van der Waals surface area contributed by atoms with Gasteiger partial charge in [-0.2, -0.15) is 0 Å². The average molecular weight is 280 g/mol. The number of carbonyl (C=O) groups excluding carboxylic acids is 1. The molecule has 0 aliphatic rings. The lowest BCUT2D eigenvalue weighted by molar-refractivity contribution is 0.0866. The molecule has 0 radical (unpaired) electrons. The van der Waals surface area contributed by atoms with E-state index in [-0.39, 0.29) is 17.5 Å². The molecule has 112 valence electrons. The number of nitrogens with one attached hydrogen (secondary N) is 2. The van der Waals surface area contributed by atoms with Crippen LogP contribution in [-0.4, -0.2) is 28.6 Å². The van der Waals surface area contributed by atoms with Crippen LogP contribution in [0.2, 0.25) is 0 Å². The molecule has 5 heteroatoms. The highest BCUT2D eigenvalue weighted by molar-refractivity contribution is 5.95. The standard InChI is InChI=1S/C15H24N2O3/c1-9-6-10(2)17-14(20)12(9)13(19)16-8-11(18)7-15(3,4)5/h6,11,18H,7-8H2,1-5H3,(H,16,19)(H,17,20). The summed E-state index contributed by atoms with van der Waals surface area (Å²) in [7, 11) is 0. The van der Waals surface area contributed by atoms with Crippen molar-refractivity contribution in [1.29, 1.82) is 0 Å². The minimum Gasteiger partial charge on any atom is -0.391 e. The number of aromatic nitrogens is 1. The van der Waals surface area contributed by atoms with Gasteiger partial charge in [0.05, 0.1) is 6.10 Å². The van der Waals surface area contributed by atoms with Crippen LogP contribution >= 0.6 is 0 Å². The first-order chi connectivity index (χ1) is 9.10. The van der Waals surface area contributed by atoms with Crippen molar-refractivity contribution in [1.82, 2.24) is 10.3 Å². The van der Waals surface area contributed by atoms with E-state index in [4.69, 9.17) is 0 Å². The zero-order valence-electron chi connectivity index (χ0n) is 12.8. The Morgan fingerprint density at radius 3 is 2.50 bits per heavy atom. The molecule has 0 bridgehead atoms. The third kappa shape index (κ3) is 4.81. The van der Waals surface area contributed by atoms with E-state index in [0.717, 1.165) is 5.69 Å². The van der Waals surface area contributed by atoms with Crippen LogP contribution in [0.5, 0.6) is 0 Å². The molecule has 0 aliphatic carbocycles. The van der Waals surface area contributed by atoms with Gasteiger partial charge in [0.15, 0.2) is 0 Å². The highest BCUT2D eigenvalue weighted by atomic mass is 16.3. The molecule has 0 saturated carbocycles. The van der Waals surface area contributed by atoms with Crippen molar-refractivity contribution in [3.05, 3.63) is 33.2 Å². The predicted octanol–water partition coefficient (Wildman–Crippen LogP) is 1.52. The Hall–Kier alpha value is -1.62. The summed E-state index contributed by atoms with van der Waals surface area (Å²) in [6, 6.07) is 1.75. The minimum atomic E-state index is -0.621. The third-order valence-corrected chi connectivity index (χ3v) is 2.94. The van der Waals surface area contributed by atoms with Crippen molar-refractivity contribution in [2.24, 2.45) is 5.41 Å². The van der Waals surface area contributed by atoms with Crippen molar-refractivity contribution in [2.75, 3.05) is 6.54 Å². The Morgan fingerprint density at radius 1 is 1.40 bits per heavy atom. The fraction of sp³-hybridized carbons (Fsp3) is 0.600. The zero-order valence-corrected chi connectivity index (χ0v) is 12.8. The number of aliphatic hydroxyl groups excluding tert-OH is 1. The highest BCUT2D eigenvalue weighted by Crippen LogP contribution is 2.20. The second-order valence-corrected chi connectivity index (χ2v) is 6.47. The summed E-state index contributed by atoms with van der Waals surface area (Å²) < 4.78 is 0. The maximum absolute atomic E-state index is 12.0. The van der Waals surface area contributed by atoms with E-state index >= 15 is 0 Å². The van der Waals surface area contributed by atoms with Gasteiger partial charge in [-0.3, -0.25) is 9.59 Å². The first-order valence-corrected chi connectivity index (χ1v) is 6.77. The molecule has 1 amide bonds. The molecule has 3 N–H and O–H groups in total. The van der Waals surface area contributed by atoms with Gasteiger partial charge >= 0.3 is 0 Å². The molecule has 1 aromatic heterocycles. The van der Waals surface area contributed by atoms with Gasteiger partial charge < -0.3 is 15.4 Å². The Balaban J connectivity index is 2.71. The lowest BCUT2D eigenvalue weighted by Gasteiger charge is -2.22. The summed E-state index contributed by atoms with van der Waals surface area (Å²) in [6.45, 7) is 9.70. The molecule has 0 aliphatic heterocycles. The Kier molecular flexibility index (Phi) is 5.11. The van der Waals surface area contributed by atoms with Crippen LogP contribution in [0.1, 0.15) is 48.8 Å². The van der Waals surface area contributed by atoms with Gasteiger partial charge in [0, 0.05) is 12.2 Å². The number of H-pyrrole nitrogens is 1. The number of carbonyl (C=O) groups is 1. The lowest BCUT2D eigenvalue weighted by Crippen LogP contribution is -2.37. The highest BCUT2D eigenvalue weighted by Gasteiger charge is 2.19. The van der Waals surface area contributed by atoms with Crippen molar-refractivity contribution in [2.45, 2.75) is 47.1 Å². The Morgan fingerprint density at radius 2 is 2.00 bits per heavy atom. The number of aromatic amines is 1. The SMILES string of the molecule is Cc1cc(C)c(C(=O)NCC(O)CC(C)(C)C)c(=O)[nH]1. The largest absolute Gasteiger partial charge is 0.391 e. The van der Waals surface area contributed by atoms with E-state index in [9.17, 15) is 14.7 Å². The zero-order chi connectivity index (χ0) is 15.5. The fourth-order valence-electron chi connectivity index (χ4n) is 2.21. The molecule has 1 heterocycles. The van der Waals surface area contributed by atoms with Gasteiger partial charge in [-0.1, -0.05) is 20.8 Å². The van der Waals surface area contributed by atoms with Crippen molar-refractivity contribution in [3.8, 4) is 0 Å². The molecule has 1 aromatic rings. The summed E-state index contributed by atoms with van der Waals surface area (Å²) in [5.41, 5.74) is 1.05. The number of rotatable bonds is 4. The van der Waals surface area contributed by atoms with Gasteiger partial charge in [-0.25, -0.2) is 0 Å². The topological polar surface area (TPSA) is 82.2 Å². The summed E-state index contributed by atoms with van der Waals surface area (Å²) in [6.07, 6.45) is -0.0416. The number of aliphatic hydroxyl groups is 1. The summed E-state index contributed by atoms with van der Waals surface area (Å²) in [5.74, 6) is -0.447. The summed E-state index contributed by atoms with van der Waals surface area (Å²) in [5, 5.41) is 12.5. The number of hydrogen-bond donors (Lipinski definition) is 3. The van der Waals surface area contributed by atoms with Crippen molar-refractivity contribution < 1.29 is 9.90 Å². The van der Waals surface area contributed by atoms with Crippen LogP contribution in [0.15, 0.2) is 10.9 Å². The van der Waals surface area contributed by atoms with Gasteiger partial charge in [-0.15, -0.1) is 0 Å². The molecule has 1 rings (SSSR count). The molecule has 5 nitrogen and oxygen atoms in total. The molecule has 0 spiro atoms.